The van der Waals surface area contributed by atoms with Crippen molar-refractivity contribution < 1.29 is 0 Å². The molecule has 2 nitrogen and oxygen atoms in total. The summed E-state index contributed by atoms with van der Waals surface area (Å²) in [6, 6.07) is 15.2. The molecular weight excluding hydrogens is 276 g/mol. The highest BCUT2D eigenvalue weighted by atomic mass is 32.1. The average molecular weight is 296 g/mol. The fraction of sp³-hybridized carbons (Fsp3) is 0.278. The van der Waals surface area contributed by atoms with Gasteiger partial charge >= 0.3 is 0 Å². The first kappa shape index (κ1) is 14.2. The number of benzene rings is 1. The summed E-state index contributed by atoms with van der Waals surface area (Å²) in [5.41, 5.74) is 3.59. The molecule has 3 heteroatoms. The van der Waals surface area contributed by atoms with Gasteiger partial charge in [-0.05, 0) is 42.6 Å². The molecule has 2 heterocycles. The number of likely N-dealkylation sites (N-methyl/N-ethyl adjacent to an activating group) is 1. The second kappa shape index (κ2) is 6.37. The number of nitrogens with zero attached hydrogens (tertiary/aromatic N) is 1. The molecule has 0 saturated heterocycles. The normalized spacial score (nSPS) is 12.7. The van der Waals surface area contributed by atoms with Crippen LogP contribution in [-0.2, 0) is 6.42 Å². The van der Waals surface area contributed by atoms with E-state index in [-0.39, 0.29) is 0 Å². The van der Waals surface area contributed by atoms with Crippen molar-refractivity contribution in [2.24, 2.45) is 0 Å². The van der Waals surface area contributed by atoms with Crippen LogP contribution < -0.4 is 5.32 Å². The molecule has 0 spiro atoms. The molecule has 0 radical (unpaired) electrons. The van der Waals surface area contributed by atoms with Crippen LogP contribution in [0.15, 0.2) is 47.8 Å². The number of nitrogens with one attached hydrogen (secondary N) is 1. The molecule has 2 aromatic heterocycles. The van der Waals surface area contributed by atoms with Gasteiger partial charge in [0.1, 0.15) is 0 Å². The first-order valence-corrected chi connectivity index (χ1v) is 8.28. The minimum absolute atomic E-state index is 0.351. The van der Waals surface area contributed by atoms with Gasteiger partial charge in [0.05, 0.1) is 5.52 Å². The Morgan fingerprint density at radius 3 is 2.76 bits per heavy atom. The first-order valence-electron chi connectivity index (χ1n) is 7.40. The van der Waals surface area contributed by atoms with E-state index in [1.54, 1.807) is 0 Å². The summed E-state index contributed by atoms with van der Waals surface area (Å²) in [4.78, 5) is 6.22. The van der Waals surface area contributed by atoms with Gasteiger partial charge < -0.3 is 5.32 Å². The van der Waals surface area contributed by atoms with Crippen LogP contribution in [0, 0.1) is 6.92 Å². The number of fused-ring (bicyclic) bond motifs is 1. The number of aryl methyl sites for hydroxylation is 1. The van der Waals surface area contributed by atoms with Crippen LogP contribution in [0.3, 0.4) is 0 Å². The molecule has 0 aliphatic heterocycles. The van der Waals surface area contributed by atoms with Crippen molar-refractivity contribution in [1.29, 1.82) is 0 Å². The maximum atomic E-state index is 4.80. The van der Waals surface area contributed by atoms with Crippen LogP contribution in [0.2, 0.25) is 0 Å². The Hall–Kier alpha value is -1.71. The van der Waals surface area contributed by atoms with E-state index in [1.807, 2.05) is 17.4 Å². The maximum absolute atomic E-state index is 4.80. The van der Waals surface area contributed by atoms with Gasteiger partial charge in [0.2, 0.25) is 0 Å². The molecule has 1 atom stereocenters. The van der Waals surface area contributed by atoms with Crippen LogP contribution in [0.4, 0.5) is 0 Å². The fourth-order valence-electron chi connectivity index (χ4n) is 2.68. The molecular formula is C18H20N2S. The Bertz CT molecular complexity index is 733. The summed E-state index contributed by atoms with van der Waals surface area (Å²) in [5.74, 6) is 0. The van der Waals surface area contributed by atoms with E-state index in [9.17, 15) is 0 Å². The van der Waals surface area contributed by atoms with Gasteiger partial charge in [-0.1, -0.05) is 31.2 Å². The lowest BCUT2D eigenvalue weighted by Crippen LogP contribution is -2.23. The highest BCUT2D eigenvalue weighted by molar-refractivity contribution is 7.10. The highest BCUT2D eigenvalue weighted by Gasteiger charge is 2.15. The summed E-state index contributed by atoms with van der Waals surface area (Å²) in [6.07, 6.45) is 0.931. The molecule has 0 aliphatic rings. The molecule has 0 bridgehead atoms. The van der Waals surface area contributed by atoms with Crippen molar-refractivity contribution in [2.75, 3.05) is 6.54 Å². The molecule has 1 unspecified atom stereocenters. The van der Waals surface area contributed by atoms with Gasteiger partial charge in [0.15, 0.2) is 0 Å². The molecule has 0 saturated carbocycles. The third-order valence-corrected chi connectivity index (χ3v) is 4.87. The van der Waals surface area contributed by atoms with Gasteiger partial charge in [-0.3, -0.25) is 4.98 Å². The van der Waals surface area contributed by atoms with Gasteiger partial charge in [-0.15, -0.1) is 11.3 Å². The monoisotopic (exact) mass is 296 g/mol. The SMILES string of the molecule is CCNC(Cc1ccc2ccccc2n1)c1sccc1C. The van der Waals surface area contributed by atoms with Crippen molar-refractivity contribution in [3.05, 3.63) is 64.0 Å². The average Bonchev–Trinajstić information content (AvgIpc) is 2.93. The van der Waals surface area contributed by atoms with E-state index < -0.39 is 0 Å². The predicted octanol–water partition coefficient (Wildman–Crippen LogP) is 4.50. The Morgan fingerprint density at radius 1 is 1.14 bits per heavy atom. The first-order chi connectivity index (χ1) is 10.3. The second-order valence-electron chi connectivity index (χ2n) is 5.28. The number of thiophene rings is 1. The van der Waals surface area contributed by atoms with Crippen molar-refractivity contribution in [1.82, 2.24) is 10.3 Å². The van der Waals surface area contributed by atoms with E-state index >= 15 is 0 Å². The van der Waals surface area contributed by atoms with Gasteiger partial charge in [0.25, 0.3) is 0 Å². The number of aromatic nitrogens is 1. The van der Waals surface area contributed by atoms with E-state index in [2.05, 4.69) is 60.9 Å². The van der Waals surface area contributed by atoms with Crippen LogP contribution in [0.1, 0.15) is 29.1 Å². The molecule has 0 fully saturated rings. The zero-order chi connectivity index (χ0) is 14.7. The van der Waals surface area contributed by atoms with E-state index in [4.69, 9.17) is 4.98 Å². The zero-order valence-corrected chi connectivity index (χ0v) is 13.3. The molecule has 0 aliphatic carbocycles. The van der Waals surface area contributed by atoms with Crippen LogP contribution >= 0.6 is 11.3 Å². The van der Waals surface area contributed by atoms with Crippen molar-refractivity contribution in [2.45, 2.75) is 26.3 Å². The minimum Gasteiger partial charge on any atom is -0.309 e. The molecule has 1 aromatic carbocycles. The standard InChI is InChI=1S/C18H20N2S/c1-3-19-17(18-13(2)10-11-21-18)12-15-9-8-14-6-4-5-7-16(14)20-15/h4-11,17,19H,3,12H2,1-2H3. The topological polar surface area (TPSA) is 24.9 Å². The second-order valence-corrected chi connectivity index (χ2v) is 6.23. The summed E-state index contributed by atoms with van der Waals surface area (Å²) in [6.45, 7) is 5.31. The Balaban J connectivity index is 1.89. The largest absolute Gasteiger partial charge is 0.309 e. The highest BCUT2D eigenvalue weighted by Crippen LogP contribution is 2.27. The molecule has 108 valence electrons. The maximum Gasteiger partial charge on any atom is 0.0705 e. The number of hydrogen-bond acceptors (Lipinski definition) is 3. The van der Waals surface area contributed by atoms with Gasteiger partial charge in [0, 0.05) is 28.4 Å². The quantitative estimate of drug-likeness (QED) is 0.750. The lowest BCUT2D eigenvalue weighted by atomic mass is 10.1. The molecule has 1 N–H and O–H groups in total. The molecule has 3 aromatic rings. The smallest absolute Gasteiger partial charge is 0.0705 e. The van der Waals surface area contributed by atoms with Gasteiger partial charge in [-0.25, -0.2) is 0 Å². The van der Waals surface area contributed by atoms with Crippen LogP contribution in [-0.4, -0.2) is 11.5 Å². The number of hydrogen-bond donors (Lipinski definition) is 1. The van der Waals surface area contributed by atoms with E-state index in [0.29, 0.717) is 6.04 Å². The third-order valence-electron chi connectivity index (χ3n) is 3.74. The predicted molar refractivity (Wildman–Crippen MR) is 90.9 cm³/mol. The number of para-hydroxylation sites is 1. The van der Waals surface area contributed by atoms with E-state index in [1.165, 1.54) is 15.8 Å². The summed E-state index contributed by atoms with van der Waals surface area (Å²) < 4.78 is 0. The summed E-state index contributed by atoms with van der Waals surface area (Å²) >= 11 is 1.83. The van der Waals surface area contributed by atoms with Crippen molar-refractivity contribution in [3.63, 3.8) is 0 Å². The van der Waals surface area contributed by atoms with Crippen LogP contribution in [0.5, 0.6) is 0 Å². The lowest BCUT2D eigenvalue weighted by molar-refractivity contribution is 0.551. The van der Waals surface area contributed by atoms with Crippen molar-refractivity contribution >= 4 is 22.2 Å². The Labute approximate surface area is 129 Å². The molecule has 21 heavy (non-hydrogen) atoms. The fourth-order valence-corrected chi connectivity index (χ4v) is 3.68. The third kappa shape index (κ3) is 3.14. The van der Waals surface area contributed by atoms with Gasteiger partial charge in [-0.2, -0.15) is 0 Å². The minimum atomic E-state index is 0.351. The Kier molecular flexibility index (Phi) is 4.32. The molecule has 3 rings (SSSR count). The zero-order valence-electron chi connectivity index (χ0n) is 12.5. The summed E-state index contributed by atoms with van der Waals surface area (Å²) in [7, 11) is 0. The van der Waals surface area contributed by atoms with Crippen LogP contribution in [0.25, 0.3) is 10.9 Å². The molecule has 0 amide bonds. The Morgan fingerprint density at radius 2 is 2.00 bits per heavy atom. The summed E-state index contributed by atoms with van der Waals surface area (Å²) in [5, 5.41) is 6.96. The number of rotatable bonds is 5. The van der Waals surface area contributed by atoms with E-state index in [0.717, 1.165) is 24.2 Å². The number of pyridine rings is 1. The lowest BCUT2D eigenvalue weighted by Gasteiger charge is -2.17. The van der Waals surface area contributed by atoms with Crippen molar-refractivity contribution in [3.8, 4) is 0 Å².